The van der Waals surface area contributed by atoms with Crippen LogP contribution in [0.3, 0.4) is 0 Å². The first kappa shape index (κ1) is 25.6. The molecule has 0 spiro atoms. The summed E-state index contributed by atoms with van der Waals surface area (Å²) in [5.41, 5.74) is 3.02. The number of carbonyl (C=O) groups excluding carboxylic acids is 1. The van der Waals surface area contributed by atoms with E-state index in [0.717, 1.165) is 25.1 Å². The van der Waals surface area contributed by atoms with Crippen LogP contribution < -0.4 is 15.5 Å². The molecular formula is C28H33ClN4O3. The number of anilines is 3. The largest absolute Gasteiger partial charge is 0.477 e. The van der Waals surface area contributed by atoms with Crippen LogP contribution >= 0.6 is 11.6 Å². The summed E-state index contributed by atoms with van der Waals surface area (Å²) in [6.45, 7) is 5.26. The number of hydrogen-bond donors (Lipinski definition) is 3. The highest BCUT2D eigenvalue weighted by Gasteiger charge is 2.25. The molecule has 8 heteroatoms. The number of aromatic carboxylic acids is 1. The second-order valence-corrected chi connectivity index (χ2v) is 10.1. The number of carboxylic acids is 1. The average molecular weight is 509 g/mol. The highest BCUT2D eigenvalue weighted by atomic mass is 35.5. The maximum absolute atomic E-state index is 13.0. The highest BCUT2D eigenvalue weighted by molar-refractivity contribution is 6.30. The molecule has 1 aliphatic rings. The van der Waals surface area contributed by atoms with Gasteiger partial charge in [-0.25, -0.2) is 9.59 Å². The first-order valence-electron chi connectivity index (χ1n) is 12.5. The van der Waals surface area contributed by atoms with E-state index in [-0.39, 0.29) is 11.7 Å². The van der Waals surface area contributed by atoms with Gasteiger partial charge >= 0.3 is 12.0 Å². The monoisotopic (exact) mass is 508 g/mol. The van der Waals surface area contributed by atoms with Crippen molar-refractivity contribution < 1.29 is 14.7 Å². The molecule has 1 saturated carbocycles. The molecule has 3 N–H and O–H groups in total. The summed E-state index contributed by atoms with van der Waals surface area (Å²) in [6, 6.07) is 16.0. The Kier molecular flexibility index (Phi) is 8.21. The molecule has 0 aliphatic heterocycles. The number of nitrogens with zero attached hydrogens (tertiary/aromatic N) is 2. The molecule has 1 heterocycles. The van der Waals surface area contributed by atoms with E-state index >= 15 is 0 Å². The maximum atomic E-state index is 13.0. The van der Waals surface area contributed by atoms with Gasteiger partial charge in [0.25, 0.3) is 0 Å². The number of carbonyl (C=O) groups is 2. The number of hydrogen-bond acceptors (Lipinski definition) is 3. The summed E-state index contributed by atoms with van der Waals surface area (Å²) in [5, 5.41) is 16.1. The zero-order valence-electron chi connectivity index (χ0n) is 20.7. The molecule has 0 unspecified atom stereocenters. The second kappa shape index (κ2) is 11.5. The number of halogens is 1. The molecule has 1 fully saturated rings. The van der Waals surface area contributed by atoms with Crippen LogP contribution in [-0.2, 0) is 0 Å². The number of rotatable bonds is 8. The lowest BCUT2D eigenvalue weighted by Crippen LogP contribution is -2.40. The molecule has 0 saturated heterocycles. The molecule has 0 atom stereocenters. The minimum atomic E-state index is -1.01. The van der Waals surface area contributed by atoms with Gasteiger partial charge in [0.15, 0.2) is 0 Å². The Labute approximate surface area is 217 Å². The molecular weight excluding hydrogens is 476 g/mol. The molecule has 190 valence electrons. The van der Waals surface area contributed by atoms with E-state index in [0.29, 0.717) is 34.0 Å². The minimum Gasteiger partial charge on any atom is -0.477 e. The quantitative estimate of drug-likeness (QED) is 0.298. The lowest BCUT2D eigenvalue weighted by atomic mass is 9.93. The summed E-state index contributed by atoms with van der Waals surface area (Å²) in [5.74, 6) is -0.576. The average Bonchev–Trinajstić information content (AvgIpc) is 3.35. The number of amides is 2. The van der Waals surface area contributed by atoms with E-state index in [1.165, 1.54) is 19.3 Å². The van der Waals surface area contributed by atoms with Gasteiger partial charge < -0.3 is 25.2 Å². The van der Waals surface area contributed by atoms with E-state index in [1.807, 2.05) is 18.2 Å². The second-order valence-electron chi connectivity index (χ2n) is 9.69. The van der Waals surface area contributed by atoms with E-state index in [1.54, 1.807) is 47.2 Å². The normalized spacial score (nSPS) is 14.0. The lowest BCUT2D eigenvalue weighted by Gasteiger charge is -2.38. The van der Waals surface area contributed by atoms with Crippen molar-refractivity contribution >= 4 is 40.7 Å². The number of carboxylic acid groups (broad SMARTS) is 1. The van der Waals surface area contributed by atoms with Gasteiger partial charge in [-0.05, 0) is 73.4 Å². The van der Waals surface area contributed by atoms with Crippen molar-refractivity contribution in [2.24, 2.45) is 5.92 Å². The van der Waals surface area contributed by atoms with Crippen molar-refractivity contribution in [3.05, 3.63) is 71.5 Å². The van der Waals surface area contributed by atoms with Gasteiger partial charge in [0.05, 0.1) is 11.4 Å². The van der Waals surface area contributed by atoms with Gasteiger partial charge in [-0.3, -0.25) is 0 Å². The molecule has 1 aliphatic carbocycles. The zero-order chi connectivity index (χ0) is 25.7. The molecule has 0 bridgehead atoms. The Hall–Kier alpha value is -3.45. The third kappa shape index (κ3) is 6.21. The van der Waals surface area contributed by atoms with Crippen molar-refractivity contribution in [1.82, 2.24) is 4.57 Å². The van der Waals surface area contributed by atoms with Gasteiger partial charge in [-0.15, -0.1) is 0 Å². The third-order valence-electron chi connectivity index (χ3n) is 6.46. The molecule has 2 aromatic carbocycles. The van der Waals surface area contributed by atoms with Crippen molar-refractivity contribution in [3.63, 3.8) is 0 Å². The predicted octanol–water partition coefficient (Wildman–Crippen LogP) is 7.27. The van der Waals surface area contributed by atoms with Gasteiger partial charge in [0.2, 0.25) is 0 Å². The molecule has 36 heavy (non-hydrogen) atoms. The number of aromatic nitrogens is 1. The number of benzene rings is 2. The van der Waals surface area contributed by atoms with Gasteiger partial charge in [0, 0.05) is 35.2 Å². The first-order chi connectivity index (χ1) is 17.3. The Balaban J connectivity index is 1.71. The van der Waals surface area contributed by atoms with Crippen LogP contribution in [0.25, 0.3) is 5.69 Å². The van der Waals surface area contributed by atoms with Crippen LogP contribution in [0.4, 0.5) is 21.9 Å². The van der Waals surface area contributed by atoms with Crippen molar-refractivity contribution in [2.45, 2.75) is 52.0 Å². The van der Waals surface area contributed by atoms with Crippen molar-refractivity contribution in [3.8, 4) is 5.69 Å². The van der Waals surface area contributed by atoms with Crippen LogP contribution in [0.15, 0.2) is 60.8 Å². The van der Waals surface area contributed by atoms with E-state index in [2.05, 4.69) is 29.4 Å². The summed E-state index contributed by atoms with van der Waals surface area (Å²) in [4.78, 5) is 27.2. The minimum absolute atomic E-state index is 0.158. The maximum Gasteiger partial charge on any atom is 0.352 e. The van der Waals surface area contributed by atoms with E-state index in [9.17, 15) is 14.7 Å². The van der Waals surface area contributed by atoms with Crippen molar-refractivity contribution in [2.75, 3.05) is 22.1 Å². The summed E-state index contributed by atoms with van der Waals surface area (Å²) < 4.78 is 1.61. The number of urea groups is 1. The topological polar surface area (TPSA) is 86.6 Å². The SMILES string of the molecule is CC(C)CN(c1ccc(-n2cccc2C(=O)O)cc1NC(=O)Nc1ccc(Cl)cc1)C1CCCCC1. The molecule has 0 radical (unpaired) electrons. The van der Waals surface area contributed by atoms with E-state index in [4.69, 9.17) is 11.6 Å². The van der Waals surface area contributed by atoms with Gasteiger partial charge in [0.1, 0.15) is 5.69 Å². The molecule has 3 aromatic rings. The van der Waals surface area contributed by atoms with Crippen LogP contribution in [0.2, 0.25) is 5.02 Å². The van der Waals surface area contributed by atoms with Crippen LogP contribution in [0.1, 0.15) is 56.4 Å². The van der Waals surface area contributed by atoms with E-state index < -0.39 is 5.97 Å². The fourth-order valence-corrected chi connectivity index (χ4v) is 4.98. The highest BCUT2D eigenvalue weighted by Crippen LogP contribution is 2.35. The van der Waals surface area contributed by atoms with Crippen LogP contribution in [0, 0.1) is 5.92 Å². The summed E-state index contributed by atoms with van der Waals surface area (Å²) in [6.07, 6.45) is 7.59. The first-order valence-corrected chi connectivity index (χ1v) is 12.8. The summed E-state index contributed by atoms with van der Waals surface area (Å²) in [7, 11) is 0. The molecule has 2 amide bonds. The lowest BCUT2D eigenvalue weighted by molar-refractivity contribution is 0.0688. The molecule has 7 nitrogen and oxygen atoms in total. The van der Waals surface area contributed by atoms with Gasteiger partial charge in [-0.2, -0.15) is 0 Å². The standard InChI is InChI=1S/C28H33ClN4O3/c1-19(2)18-33(22-7-4-3-5-8-22)25-15-14-23(32-16-6-9-26(32)27(34)35)17-24(25)31-28(36)30-21-12-10-20(29)11-13-21/h6,9-17,19,22H,3-5,7-8,18H2,1-2H3,(H,34,35)(H2,30,31,36). The molecule has 4 rings (SSSR count). The Morgan fingerprint density at radius 1 is 1.06 bits per heavy atom. The predicted molar refractivity (Wildman–Crippen MR) is 146 cm³/mol. The van der Waals surface area contributed by atoms with Gasteiger partial charge in [-0.1, -0.05) is 44.7 Å². The fourth-order valence-electron chi connectivity index (χ4n) is 4.85. The number of nitrogens with one attached hydrogen (secondary N) is 2. The Morgan fingerprint density at radius 2 is 1.78 bits per heavy atom. The fraction of sp³-hybridized carbons (Fsp3) is 0.357. The van der Waals surface area contributed by atoms with Crippen LogP contribution in [-0.4, -0.2) is 34.3 Å². The summed E-state index contributed by atoms with van der Waals surface area (Å²) >= 11 is 5.97. The molecule has 1 aromatic heterocycles. The zero-order valence-corrected chi connectivity index (χ0v) is 21.5. The Morgan fingerprint density at radius 3 is 2.44 bits per heavy atom. The third-order valence-corrected chi connectivity index (χ3v) is 6.72. The Bertz CT molecular complexity index is 1200. The van der Waals surface area contributed by atoms with Crippen molar-refractivity contribution in [1.29, 1.82) is 0 Å². The smallest absolute Gasteiger partial charge is 0.352 e. The van der Waals surface area contributed by atoms with Crippen LogP contribution in [0.5, 0.6) is 0 Å².